The summed E-state index contributed by atoms with van der Waals surface area (Å²) in [6.07, 6.45) is -2.88. The summed E-state index contributed by atoms with van der Waals surface area (Å²) >= 11 is 7.44. The van der Waals surface area contributed by atoms with Crippen LogP contribution < -0.4 is 10.9 Å². The fraction of sp³-hybridized carbons (Fsp3) is 0.120. The minimum atomic E-state index is -4.51. The normalized spacial score (nSPS) is 12.7. The van der Waals surface area contributed by atoms with Crippen LogP contribution in [-0.2, 0) is 6.18 Å². The fourth-order valence-corrected chi connectivity index (χ4v) is 5.00. The molecule has 0 radical (unpaired) electrons. The monoisotopic (exact) mass is 528 g/mol. The van der Waals surface area contributed by atoms with Gasteiger partial charge >= 0.3 is 6.18 Å². The molecule has 1 N–H and O–H groups in total. The smallest absolute Gasteiger partial charge is 0.343 e. The summed E-state index contributed by atoms with van der Waals surface area (Å²) in [5, 5.41) is 5.16. The van der Waals surface area contributed by atoms with Gasteiger partial charge in [-0.25, -0.2) is 4.98 Å². The van der Waals surface area contributed by atoms with E-state index < -0.39 is 23.2 Å². The van der Waals surface area contributed by atoms with Crippen molar-refractivity contribution in [1.82, 2.24) is 19.9 Å². The molecule has 1 amide bonds. The van der Waals surface area contributed by atoms with E-state index in [2.05, 4.69) is 15.3 Å². The lowest BCUT2D eigenvalue weighted by Crippen LogP contribution is -2.28. The maximum atomic E-state index is 13.4. The van der Waals surface area contributed by atoms with Gasteiger partial charge in [0.05, 0.1) is 33.7 Å². The molecule has 0 saturated heterocycles. The van der Waals surface area contributed by atoms with Crippen molar-refractivity contribution in [1.29, 1.82) is 0 Å². The number of benzene rings is 1. The lowest BCUT2D eigenvalue weighted by atomic mass is 10.1. The van der Waals surface area contributed by atoms with E-state index in [0.29, 0.717) is 22.1 Å². The number of pyridine rings is 3. The zero-order valence-electron chi connectivity index (χ0n) is 18.5. The number of amides is 1. The van der Waals surface area contributed by atoms with E-state index in [0.717, 1.165) is 23.5 Å². The van der Waals surface area contributed by atoms with Crippen molar-refractivity contribution in [2.75, 3.05) is 0 Å². The molecule has 0 unspecified atom stereocenters. The minimum absolute atomic E-state index is 0.103. The predicted molar refractivity (Wildman–Crippen MR) is 133 cm³/mol. The topological polar surface area (TPSA) is 76.9 Å². The summed E-state index contributed by atoms with van der Waals surface area (Å²) in [4.78, 5) is 35.1. The molecule has 36 heavy (non-hydrogen) atoms. The Labute approximate surface area is 211 Å². The van der Waals surface area contributed by atoms with Crippen molar-refractivity contribution in [3.8, 4) is 5.69 Å². The molecule has 6 nitrogen and oxygen atoms in total. The van der Waals surface area contributed by atoms with Crippen LogP contribution in [0, 0.1) is 0 Å². The van der Waals surface area contributed by atoms with Gasteiger partial charge in [-0.2, -0.15) is 13.2 Å². The molecule has 0 aliphatic rings. The number of nitrogens with one attached hydrogen (secondary N) is 1. The number of rotatable bonds is 4. The summed E-state index contributed by atoms with van der Waals surface area (Å²) in [6, 6.07) is 12.2. The van der Waals surface area contributed by atoms with Gasteiger partial charge in [0.15, 0.2) is 0 Å². The second kappa shape index (κ2) is 9.03. The maximum Gasteiger partial charge on any atom is 0.416 e. The van der Waals surface area contributed by atoms with E-state index >= 15 is 0 Å². The number of hydrogen-bond donors (Lipinski definition) is 1. The van der Waals surface area contributed by atoms with Gasteiger partial charge < -0.3 is 5.32 Å². The quantitative estimate of drug-likeness (QED) is 0.303. The number of halogens is 4. The second-order valence-electron chi connectivity index (χ2n) is 8.00. The third kappa shape index (κ3) is 4.22. The highest BCUT2D eigenvalue weighted by atomic mass is 35.5. The maximum absolute atomic E-state index is 13.4. The van der Waals surface area contributed by atoms with Crippen molar-refractivity contribution in [3.05, 3.63) is 97.8 Å². The molecule has 0 aliphatic heterocycles. The van der Waals surface area contributed by atoms with E-state index in [9.17, 15) is 22.8 Å². The first kappa shape index (κ1) is 24.0. The first-order valence-corrected chi connectivity index (χ1v) is 11.9. The first-order valence-electron chi connectivity index (χ1n) is 10.7. The zero-order chi connectivity index (χ0) is 25.6. The number of nitrogens with zero attached hydrogens (tertiary/aromatic N) is 3. The van der Waals surface area contributed by atoms with Gasteiger partial charge in [0, 0.05) is 22.7 Å². The molecule has 1 atom stereocenters. The van der Waals surface area contributed by atoms with Gasteiger partial charge in [-0.3, -0.25) is 19.1 Å². The number of thiophene rings is 1. The number of carbonyl (C=O) groups excluding carboxylic acids is 1. The molecule has 4 heterocycles. The second-order valence-corrected chi connectivity index (χ2v) is 9.48. The number of alkyl halides is 3. The Morgan fingerprint density at radius 3 is 2.53 bits per heavy atom. The molecule has 0 spiro atoms. The van der Waals surface area contributed by atoms with Crippen LogP contribution in [0.1, 0.15) is 34.7 Å². The molecule has 0 aliphatic carbocycles. The van der Waals surface area contributed by atoms with Crippen LogP contribution in [0.25, 0.3) is 27.5 Å². The average Bonchev–Trinajstić information content (AvgIpc) is 3.26. The van der Waals surface area contributed by atoms with Gasteiger partial charge in [0.2, 0.25) is 0 Å². The highest BCUT2D eigenvalue weighted by molar-refractivity contribution is 7.16. The molecule has 11 heteroatoms. The van der Waals surface area contributed by atoms with Crippen LogP contribution in [0.15, 0.2) is 71.0 Å². The molecule has 1 aromatic carbocycles. The van der Waals surface area contributed by atoms with Gasteiger partial charge in [0.1, 0.15) is 10.0 Å². The molecule has 182 valence electrons. The summed E-state index contributed by atoms with van der Waals surface area (Å²) in [6.45, 7) is 1.79. The Bertz CT molecular complexity index is 1670. The van der Waals surface area contributed by atoms with Crippen LogP contribution in [0.2, 0.25) is 4.34 Å². The van der Waals surface area contributed by atoms with Crippen molar-refractivity contribution in [2.45, 2.75) is 19.1 Å². The third-order valence-corrected chi connectivity index (χ3v) is 6.92. The summed E-state index contributed by atoms with van der Waals surface area (Å²) in [7, 11) is 0. The summed E-state index contributed by atoms with van der Waals surface area (Å²) < 4.78 is 40.6. The molecule has 0 bridgehead atoms. The fourth-order valence-electron chi connectivity index (χ4n) is 3.92. The largest absolute Gasteiger partial charge is 0.416 e. The van der Waals surface area contributed by atoms with Crippen LogP contribution in [0.4, 0.5) is 13.2 Å². The number of fused-ring (bicyclic) bond motifs is 3. The number of aromatic nitrogens is 3. The Balaban J connectivity index is 1.64. The van der Waals surface area contributed by atoms with Crippen molar-refractivity contribution in [3.63, 3.8) is 0 Å². The summed E-state index contributed by atoms with van der Waals surface area (Å²) in [5.41, 5.74) is 0.316. The third-order valence-electron chi connectivity index (χ3n) is 5.70. The van der Waals surface area contributed by atoms with Gasteiger partial charge in [0.25, 0.3) is 11.5 Å². The predicted octanol–water partition coefficient (Wildman–Crippen LogP) is 6.16. The SMILES string of the molecule is C[C@H](NC(=O)c1ccc2c(n1)c1csc(Cl)c1c(=O)n2-c1ccc(C(F)(F)F)cc1)c1ccccn1. The van der Waals surface area contributed by atoms with E-state index in [1.165, 1.54) is 22.8 Å². The van der Waals surface area contributed by atoms with Gasteiger partial charge in [-0.15, -0.1) is 11.3 Å². The van der Waals surface area contributed by atoms with E-state index in [-0.39, 0.29) is 27.1 Å². The van der Waals surface area contributed by atoms with Crippen LogP contribution in [0.5, 0.6) is 0 Å². The van der Waals surface area contributed by atoms with Crippen LogP contribution in [0.3, 0.4) is 0 Å². The number of hydrogen-bond acceptors (Lipinski definition) is 5. The first-order chi connectivity index (χ1) is 17.1. The Morgan fingerprint density at radius 1 is 1.11 bits per heavy atom. The highest BCUT2D eigenvalue weighted by Crippen LogP contribution is 2.34. The lowest BCUT2D eigenvalue weighted by Gasteiger charge is -2.15. The van der Waals surface area contributed by atoms with E-state index in [1.807, 2.05) is 6.07 Å². The van der Waals surface area contributed by atoms with Crippen molar-refractivity contribution >= 4 is 50.7 Å². The van der Waals surface area contributed by atoms with Gasteiger partial charge in [-0.1, -0.05) is 17.7 Å². The highest BCUT2D eigenvalue weighted by Gasteiger charge is 2.30. The average molecular weight is 529 g/mol. The lowest BCUT2D eigenvalue weighted by molar-refractivity contribution is -0.137. The van der Waals surface area contributed by atoms with Crippen molar-refractivity contribution < 1.29 is 18.0 Å². The zero-order valence-corrected chi connectivity index (χ0v) is 20.1. The standard InChI is InChI=1S/C25H16ClF3N4O2S/c1-13(17-4-2-3-11-30-17)31-23(34)18-9-10-19-21(32-18)16-12-36-22(26)20(16)24(35)33(19)15-7-5-14(6-8-15)25(27,28)29/h2-13H,1H3,(H,31,34)/t13-/m0/s1. The molecule has 0 saturated carbocycles. The molecular weight excluding hydrogens is 513 g/mol. The van der Waals surface area contributed by atoms with Crippen LogP contribution >= 0.6 is 22.9 Å². The molecule has 4 aromatic heterocycles. The van der Waals surface area contributed by atoms with Crippen LogP contribution in [-0.4, -0.2) is 20.4 Å². The molecule has 0 fully saturated rings. The minimum Gasteiger partial charge on any atom is -0.343 e. The molecule has 5 aromatic rings. The summed E-state index contributed by atoms with van der Waals surface area (Å²) in [5.74, 6) is -0.447. The number of carbonyl (C=O) groups is 1. The molecular formula is C25H16ClF3N4O2S. The Kier molecular flexibility index (Phi) is 6.01. The van der Waals surface area contributed by atoms with E-state index in [1.54, 1.807) is 36.7 Å². The van der Waals surface area contributed by atoms with Gasteiger partial charge in [-0.05, 0) is 55.5 Å². The Morgan fingerprint density at radius 2 is 1.86 bits per heavy atom. The van der Waals surface area contributed by atoms with Crippen molar-refractivity contribution in [2.24, 2.45) is 0 Å². The molecule has 5 rings (SSSR count). The van der Waals surface area contributed by atoms with E-state index in [4.69, 9.17) is 11.6 Å². The Hall–Kier alpha value is -3.76.